The van der Waals surface area contributed by atoms with Crippen molar-refractivity contribution in [3.05, 3.63) is 29.3 Å². The Balaban J connectivity index is 1.56. The Morgan fingerprint density at radius 1 is 1.06 bits per heavy atom. The molecule has 3 nitrogen and oxygen atoms in total. The van der Waals surface area contributed by atoms with Gasteiger partial charge in [-0.15, -0.1) is 11.6 Å². The summed E-state index contributed by atoms with van der Waals surface area (Å²) < 4.78 is 0. The maximum Gasteiger partial charge on any atom is 0.100 e. The van der Waals surface area contributed by atoms with Crippen LogP contribution in [-0.2, 0) is 0 Å². The zero-order valence-corrected chi connectivity index (χ0v) is 11.1. The Morgan fingerprint density at radius 3 is 2.39 bits per heavy atom. The summed E-state index contributed by atoms with van der Waals surface area (Å²) in [5.74, 6) is 1.04. The van der Waals surface area contributed by atoms with Crippen LogP contribution >= 0.6 is 23.2 Å². The molecule has 1 N–H and O–H groups in total. The lowest BCUT2D eigenvalue weighted by atomic mass is 9.85. The molecule has 1 aliphatic heterocycles. The van der Waals surface area contributed by atoms with Gasteiger partial charge in [0.1, 0.15) is 6.04 Å². The van der Waals surface area contributed by atoms with Crippen molar-refractivity contribution >= 4 is 28.9 Å². The molecule has 2 saturated carbocycles. The molecule has 3 aliphatic rings. The van der Waals surface area contributed by atoms with Crippen molar-refractivity contribution in [1.82, 2.24) is 0 Å². The van der Waals surface area contributed by atoms with Gasteiger partial charge in [0.05, 0.1) is 11.4 Å². The fourth-order valence-electron chi connectivity index (χ4n) is 3.60. The van der Waals surface area contributed by atoms with Gasteiger partial charge < -0.3 is 5.32 Å². The van der Waals surface area contributed by atoms with Crippen LogP contribution in [0.25, 0.3) is 0 Å². The molecular formula is C13H13Cl2N3. The molecule has 1 heterocycles. The van der Waals surface area contributed by atoms with Crippen LogP contribution in [0.3, 0.4) is 0 Å². The van der Waals surface area contributed by atoms with E-state index in [9.17, 15) is 0 Å². The largest absolute Gasteiger partial charge is 0.380 e. The molecule has 0 aromatic heterocycles. The summed E-state index contributed by atoms with van der Waals surface area (Å²) in [6.07, 6.45) is 1.15. The normalized spacial score (nSPS) is 43.7. The maximum absolute atomic E-state index is 6.56. The number of anilines is 1. The predicted molar refractivity (Wildman–Crippen MR) is 72.5 cm³/mol. The Bertz CT molecular complexity index is 501. The summed E-state index contributed by atoms with van der Waals surface area (Å²) in [6.45, 7) is 0. The van der Waals surface area contributed by atoms with Gasteiger partial charge in [-0.25, -0.2) is 0 Å². The van der Waals surface area contributed by atoms with Crippen molar-refractivity contribution in [2.24, 2.45) is 22.1 Å². The van der Waals surface area contributed by atoms with E-state index in [1.54, 1.807) is 0 Å². The standard InChI is InChI=1S/C13H13Cl2N3/c14-6-1-3-7(4-2-6)16-11-9-5-8(10(11)15)12-13(9)18-17-12/h1-4,8-13,16H,5H2/t8-,9+,10?,11?,12-,13+/m0/s1. The number of nitrogens with zero attached hydrogens (tertiary/aromatic N) is 2. The fraction of sp³-hybridized carbons (Fsp3) is 0.538. The Labute approximate surface area is 116 Å². The van der Waals surface area contributed by atoms with Crippen molar-refractivity contribution in [2.45, 2.75) is 29.9 Å². The Kier molecular flexibility index (Phi) is 2.36. The number of rotatable bonds is 2. The van der Waals surface area contributed by atoms with Crippen molar-refractivity contribution in [1.29, 1.82) is 0 Å². The molecule has 2 bridgehead atoms. The van der Waals surface area contributed by atoms with Gasteiger partial charge in [0.2, 0.25) is 0 Å². The molecule has 2 fully saturated rings. The highest BCUT2D eigenvalue weighted by atomic mass is 35.5. The first-order valence-corrected chi connectivity index (χ1v) is 7.11. The average Bonchev–Trinajstić information content (AvgIpc) is 2.73. The highest BCUT2D eigenvalue weighted by Gasteiger charge is 2.61. The number of azo groups is 1. The number of fused-ring (bicyclic) bond motifs is 5. The molecule has 1 aromatic rings. The molecule has 94 valence electrons. The van der Waals surface area contributed by atoms with Gasteiger partial charge in [0.15, 0.2) is 0 Å². The van der Waals surface area contributed by atoms with Crippen LogP contribution in [0.5, 0.6) is 0 Å². The van der Waals surface area contributed by atoms with E-state index in [-0.39, 0.29) is 5.38 Å². The Morgan fingerprint density at radius 2 is 1.72 bits per heavy atom. The maximum atomic E-state index is 6.56. The molecule has 0 saturated heterocycles. The highest BCUT2D eigenvalue weighted by molar-refractivity contribution is 6.30. The van der Waals surface area contributed by atoms with E-state index in [0.29, 0.717) is 30.0 Å². The van der Waals surface area contributed by atoms with Crippen LogP contribution in [-0.4, -0.2) is 23.5 Å². The number of alkyl halides is 1. The second-order valence-corrected chi connectivity index (χ2v) is 6.34. The topological polar surface area (TPSA) is 36.8 Å². The second kappa shape index (κ2) is 3.84. The summed E-state index contributed by atoms with van der Waals surface area (Å²) >= 11 is 12.4. The minimum Gasteiger partial charge on any atom is -0.380 e. The molecule has 0 spiro atoms. The quantitative estimate of drug-likeness (QED) is 0.827. The molecule has 18 heavy (non-hydrogen) atoms. The fourth-order valence-corrected chi connectivity index (χ4v) is 4.22. The minimum absolute atomic E-state index is 0.158. The van der Waals surface area contributed by atoms with Gasteiger partial charge in [0.25, 0.3) is 0 Å². The number of nitrogens with one attached hydrogen (secondary N) is 1. The van der Waals surface area contributed by atoms with Gasteiger partial charge in [-0.2, -0.15) is 10.2 Å². The van der Waals surface area contributed by atoms with Crippen molar-refractivity contribution < 1.29 is 0 Å². The first-order chi connectivity index (χ1) is 8.74. The van der Waals surface area contributed by atoms with E-state index in [1.165, 1.54) is 0 Å². The van der Waals surface area contributed by atoms with E-state index >= 15 is 0 Å². The third-order valence-corrected chi connectivity index (χ3v) is 5.34. The Hall–Kier alpha value is -0.800. The van der Waals surface area contributed by atoms with E-state index in [1.807, 2.05) is 24.3 Å². The average molecular weight is 282 g/mol. The molecule has 0 radical (unpaired) electrons. The summed E-state index contributed by atoms with van der Waals surface area (Å²) in [5, 5.41) is 12.9. The third-order valence-electron chi connectivity index (χ3n) is 4.50. The lowest BCUT2D eigenvalue weighted by Gasteiger charge is -2.38. The molecule has 0 amide bonds. The van der Waals surface area contributed by atoms with Crippen LogP contribution in [0.15, 0.2) is 34.5 Å². The van der Waals surface area contributed by atoms with E-state index in [0.717, 1.165) is 17.1 Å². The highest BCUT2D eigenvalue weighted by Crippen LogP contribution is 2.54. The summed E-state index contributed by atoms with van der Waals surface area (Å²) in [6, 6.07) is 8.90. The van der Waals surface area contributed by atoms with Gasteiger partial charge in [-0.3, -0.25) is 0 Å². The van der Waals surface area contributed by atoms with Crippen LogP contribution in [0.1, 0.15) is 6.42 Å². The smallest absolute Gasteiger partial charge is 0.100 e. The summed E-state index contributed by atoms with van der Waals surface area (Å²) in [5.41, 5.74) is 1.08. The first-order valence-electron chi connectivity index (χ1n) is 6.30. The summed E-state index contributed by atoms with van der Waals surface area (Å²) in [4.78, 5) is 0. The monoisotopic (exact) mass is 281 g/mol. The third kappa shape index (κ3) is 1.44. The second-order valence-electron chi connectivity index (χ2n) is 5.40. The van der Waals surface area contributed by atoms with Crippen LogP contribution in [0, 0.1) is 11.8 Å². The number of hydrogen-bond acceptors (Lipinski definition) is 3. The first kappa shape index (κ1) is 11.1. The van der Waals surface area contributed by atoms with Crippen LogP contribution in [0.2, 0.25) is 5.02 Å². The number of hydrogen-bond donors (Lipinski definition) is 1. The molecule has 4 rings (SSSR count). The summed E-state index contributed by atoms with van der Waals surface area (Å²) in [7, 11) is 0. The number of halogens is 2. The van der Waals surface area contributed by atoms with Gasteiger partial charge in [0, 0.05) is 28.6 Å². The van der Waals surface area contributed by atoms with Crippen molar-refractivity contribution in [2.75, 3.05) is 5.32 Å². The van der Waals surface area contributed by atoms with Crippen molar-refractivity contribution in [3.8, 4) is 0 Å². The zero-order chi connectivity index (χ0) is 12.3. The molecule has 1 aromatic carbocycles. The lowest BCUT2D eigenvalue weighted by molar-refractivity contribution is 0.272. The van der Waals surface area contributed by atoms with Crippen LogP contribution in [0.4, 0.5) is 5.69 Å². The molecule has 2 unspecified atom stereocenters. The van der Waals surface area contributed by atoms with E-state index in [2.05, 4.69) is 15.5 Å². The van der Waals surface area contributed by atoms with Gasteiger partial charge in [-0.05, 0) is 30.7 Å². The molecule has 2 aliphatic carbocycles. The van der Waals surface area contributed by atoms with Crippen LogP contribution < -0.4 is 5.32 Å². The molecule has 6 atom stereocenters. The molecular weight excluding hydrogens is 269 g/mol. The lowest BCUT2D eigenvalue weighted by Crippen LogP contribution is -2.50. The minimum atomic E-state index is 0.158. The van der Waals surface area contributed by atoms with Crippen molar-refractivity contribution in [3.63, 3.8) is 0 Å². The predicted octanol–water partition coefficient (Wildman–Crippen LogP) is 3.58. The van der Waals surface area contributed by atoms with E-state index < -0.39 is 0 Å². The zero-order valence-electron chi connectivity index (χ0n) is 9.63. The van der Waals surface area contributed by atoms with Gasteiger partial charge in [-0.1, -0.05) is 11.6 Å². The van der Waals surface area contributed by atoms with Gasteiger partial charge >= 0.3 is 0 Å². The molecule has 5 heteroatoms. The SMILES string of the molecule is Clc1ccc(NC2C(Cl)[C@@H]3C[C@H]2[C@H]2N=N[C@H]23)cc1. The van der Waals surface area contributed by atoms with E-state index in [4.69, 9.17) is 23.2 Å². The number of benzene rings is 1.